The summed E-state index contributed by atoms with van der Waals surface area (Å²) in [5.74, 6) is -0.123. The van der Waals surface area contributed by atoms with Crippen LogP contribution in [0, 0.1) is 11.3 Å². The van der Waals surface area contributed by atoms with Gasteiger partial charge in [0.1, 0.15) is 6.42 Å². The van der Waals surface area contributed by atoms with Gasteiger partial charge in [0, 0.05) is 12.2 Å². The fourth-order valence-electron chi connectivity index (χ4n) is 1.49. The SMILES string of the molecule is CCCCN(C(=O)CC#N)c1ccccc1. The van der Waals surface area contributed by atoms with Crippen LogP contribution < -0.4 is 4.90 Å². The third-order valence-electron chi connectivity index (χ3n) is 2.33. The molecule has 0 unspecified atom stereocenters. The molecule has 1 rings (SSSR count). The van der Waals surface area contributed by atoms with Gasteiger partial charge in [-0.25, -0.2) is 0 Å². The van der Waals surface area contributed by atoms with E-state index in [1.807, 2.05) is 36.4 Å². The second-order valence-corrected chi connectivity index (χ2v) is 3.57. The maximum absolute atomic E-state index is 11.8. The van der Waals surface area contributed by atoms with Gasteiger partial charge in [-0.15, -0.1) is 0 Å². The van der Waals surface area contributed by atoms with Crippen LogP contribution in [-0.4, -0.2) is 12.5 Å². The van der Waals surface area contributed by atoms with Gasteiger partial charge in [0.05, 0.1) is 6.07 Å². The zero-order valence-corrected chi connectivity index (χ0v) is 9.52. The number of benzene rings is 1. The van der Waals surface area contributed by atoms with Crippen molar-refractivity contribution in [2.75, 3.05) is 11.4 Å². The van der Waals surface area contributed by atoms with Gasteiger partial charge in [-0.3, -0.25) is 4.79 Å². The van der Waals surface area contributed by atoms with Crippen LogP contribution in [0.1, 0.15) is 26.2 Å². The second-order valence-electron chi connectivity index (χ2n) is 3.57. The largest absolute Gasteiger partial charge is 0.312 e. The number of para-hydroxylation sites is 1. The Morgan fingerprint density at radius 1 is 1.38 bits per heavy atom. The van der Waals surface area contributed by atoms with E-state index >= 15 is 0 Å². The van der Waals surface area contributed by atoms with E-state index in [0.717, 1.165) is 18.5 Å². The van der Waals surface area contributed by atoms with Crippen LogP contribution in [0.4, 0.5) is 5.69 Å². The predicted molar refractivity (Wildman–Crippen MR) is 63.9 cm³/mol. The lowest BCUT2D eigenvalue weighted by atomic mass is 10.2. The number of nitriles is 1. The first-order valence-electron chi connectivity index (χ1n) is 5.52. The van der Waals surface area contributed by atoms with Crippen LogP contribution in [0.2, 0.25) is 0 Å². The molecule has 1 aromatic rings. The van der Waals surface area contributed by atoms with Crippen molar-refractivity contribution in [1.29, 1.82) is 5.26 Å². The minimum atomic E-state index is -0.123. The monoisotopic (exact) mass is 216 g/mol. The number of unbranched alkanes of at least 4 members (excludes halogenated alkanes) is 1. The van der Waals surface area contributed by atoms with Gasteiger partial charge in [0.25, 0.3) is 0 Å². The summed E-state index contributed by atoms with van der Waals surface area (Å²) < 4.78 is 0. The van der Waals surface area contributed by atoms with Crippen molar-refractivity contribution in [1.82, 2.24) is 0 Å². The summed E-state index contributed by atoms with van der Waals surface area (Å²) in [7, 11) is 0. The molecule has 1 amide bonds. The molecule has 0 radical (unpaired) electrons. The van der Waals surface area contributed by atoms with Gasteiger partial charge >= 0.3 is 0 Å². The van der Waals surface area contributed by atoms with Gasteiger partial charge < -0.3 is 4.90 Å². The summed E-state index contributed by atoms with van der Waals surface area (Å²) in [5.41, 5.74) is 0.871. The Morgan fingerprint density at radius 3 is 2.62 bits per heavy atom. The molecule has 0 aromatic heterocycles. The normalized spacial score (nSPS) is 9.50. The standard InChI is InChI=1S/C13H16N2O/c1-2-3-11-15(13(16)9-10-14)12-7-5-4-6-8-12/h4-8H,2-3,9,11H2,1H3. The van der Waals surface area contributed by atoms with Gasteiger partial charge in [0.2, 0.25) is 5.91 Å². The number of carbonyl (C=O) groups is 1. The third-order valence-corrected chi connectivity index (χ3v) is 2.33. The first-order valence-corrected chi connectivity index (χ1v) is 5.52. The molecule has 3 heteroatoms. The minimum absolute atomic E-state index is 0.0569. The van der Waals surface area contributed by atoms with Gasteiger partial charge in [-0.2, -0.15) is 5.26 Å². The quantitative estimate of drug-likeness (QED) is 0.759. The molecule has 0 aliphatic carbocycles. The zero-order chi connectivity index (χ0) is 11.8. The number of anilines is 1. The van der Waals surface area contributed by atoms with E-state index in [1.54, 1.807) is 4.90 Å². The van der Waals surface area contributed by atoms with E-state index < -0.39 is 0 Å². The molecule has 1 aromatic carbocycles. The summed E-state index contributed by atoms with van der Waals surface area (Å²) in [4.78, 5) is 13.4. The van der Waals surface area contributed by atoms with Crippen molar-refractivity contribution in [2.24, 2.45) is 0 Å². The van der Waals surface area contributed by atoms with Gasteiger partial charge in [0.15, 0.2) is 0 Å². The van der Waals surface area contributed by atoms with E-state index in [9.17, 15) is 4.79 Å². The van der Waals surface area contributed by atoms with Crippen LogP contribution in [0.15, 0.2) is 30.3 Å². The molecule has 0 saturated heterocycles. The van der Waals surface area contributed by atoms with Crippen LogP contribution in [-0.2, 0) is 4.79 Å². The zero-order valence-electron chi connectivity index (χ0n) is 9.52. The molecule has 0 spiro atoms. The molecule has 0 bridgehead atoms. The first-order chi connectivity index (χ1) is 7.79. The number of hydrogen-bond acceptors (Lipinski definition) is 2. The topological polar surface area (TPSA) is 44.1 Å². The Bertz CT molecular complexity index is 367. The molecule has 0 fully saturated rings. The smallest absolute Gasteiger partial charge is 0.241 e. The lowest BCUT2D eigenvalue weighted by molar-refractivity contribution is -0.117. The van der Waals surface area contributed by atoms with E-state index in [2.05, 4.69) is 6.92 Å². The summed E-state index contributed by atoms with van der Waals surface area (Å²) >= 11 is 0. The molecule has 0 aliphatic rings. The maximum Gasteiger partial charge on any atom is 0.241 e. The van der Waals surface area contributed by atoms with Crippen molar-refractivity contribution in [3.63, 3.8) is 0 Å². The molecule has 16 heavy (non-hydrogen) atoms. The summed E-state index contributed by atoms with van der Waals surface area (Å²) in [6.07, 6.45) is 1.92. The highest BCUT2D eigenvalue weighted by Crippen LogP contribution is 2.15. The molecular formula is C13H16N2O. The third kappa shape index (κ3) is 3.39. The molecule has 0 heterocycles. The number of hydrogen-bond donors (Lipinski definition) is 0. The summed E-state index contributed by atoms with van der Waals surface area (Å²) in [6, 6.07) is 11.4. The first kappa shape index (κ1) is 12.3. The van der Waals surface area contributed by atoms with Crippen molar-refractivity contribution < 1.29 is 4.79 Å². The van der Waals surface area contributed by atoms with Crippen molar-refractivity contribution in [2.45, 2.75) is 26.2 Å². The van der Waals surface area contributed by atoms with E-state index in [-0.39, 0.29) is 12.3 Å². The Hall–Kier alpha value is -1.82. The number of carbonyl (C=O) groups excluding carboxylic acids is 1. The lowest BCUT2D eigenvalue weighted by Gasteiger charge is -2.21. The predicted octanol–water partition coefficient (Wildman–Crippen LogP) is 2.73. The second kappa shape index (κ2) is 6.62. The van der Waals surface area contributed by atoms with Crippen LogP contribution in [0.25, 0.3) is 0 Å². The van der Waals surface area contributed by atoms with E-state index in [4.69, 9.17) is 5.26 Å². The van der Waals surface area contributed by atoms with Crippen molar-refractivity contribution in [3.8, 4) is 6.07 Å². The highest BCUT2D eigenvalue weighted by molar-refractivity contribution is 5.94. The Morgan fingerprint density at radius 2 is 2.06 bits per heavy atom. The van der Waals surface area contributed by atoms with Crippen LogP contribution in [0.5, 0.6) is 0 Å². The molecule has 0 atom stereocenters. The van der Waals surface area contributed by atoms with Gasteiger partial charge in [-0.05, 0) is 18.6 Å². The van der Waals surface area contributed by atoms with E-state index in [1.165, 1.54) is 0 Å². The summed E-state index contributed by atoms with van der Waals surface area (Å²) in [5, 5.41) is 8.56. The lowest BCUT2D eigenvalue weighted by Crippen LogP contribution is -2.31. The van der Waals surface area contributed by atoms with Crippen molar-refractivity contribution in [3.05, 3.63) is 30.3 Å². The Balaban J connectivity index is 2.79. The Kier molecular flexibility index (Phi) is 5.07. The molecule has 0 saturated carbocycles. The summed E-state index contributed by atoms with van der Waals surface area (Å²) in [6.45, 7) is 2.76. The fraction of sp³-hybridized carbons (Fsp3) is 0.385. The fourth-order valence-corrected chi connectivity index (χ4v) is 1.49. The average Bonchev–Trinajstić information content (AvgIpc) is 2.31. The highest BCUT2D eigenvalue weighted by Gasteiger charge is 2.13. The Labute approximate surface area is 96.3 Å². The molecule has 84 valence electrons. The average molecular weight is 216 g/mol. The number of amides is 1. The molecular weight excluding hydrogens is 200 g/mol. The van der Waals surface area contributed by atoms with E-state index in [0.29, 0.717) is 6.54 Å². The minimum Gasteiger partial charge on any atom is -0.312 e. The highest BCUT2D eigenvalue weighted by atomic mass is 16.2. The van der Waals surface area contributed by atoms with Crippen LogP contribution in [0.3, 0.4) is 0 Å². The number of rotatable bonds is 5. The molecule has 3 nitrogen and oxygen atoms in total. The molecule has 0 aliphatic heterocycles. The van der Waals surface area contributed by atoms with Gasteiger partial charge in [-0.1, -0.05) is 31.5 Å². The molecule has 0 N–H and O–H groups in total. The number of nitrogens with zero attached hydrogens (tertiary/aromatic N) is 2. The maximum atomic E-state index is 11.8. The van der Waals surface area contributed by atoms with Crippen molar-refractivity contribution >= 4 is 11.6 Å². The van der Waals surface area contributed by atoms with Crippen LogP contribution >= 0.6 is 0 Å².